The molecule has 2 aliphatic carbocycles. The van der Waals surface area contributed by atoms with Gasteiger partial charge in [-0.3, -0.25) is 9.69 Å². The first-order valence-electron chi connectivity index (χ1n) is 11.6. The highest BCUT2D eigenvalue weighted by Crippen LogP contribution is 2.53. The Balaban J connectivity index is 1.67. The summed E-state index contributed by atoms with van der Waals surface area (Å²) < 4.78 is 2.20. The quantitative estimate of drug-likeness (QED) is 0.597. The first-order chi connectivity index (χ1) is 14.5. The summed E-state index contributed by atoms with van der Waals surface area (Å²) in [6.07, 6.45) is 10.7. The van der Waals surface area contributed by atoms with Crippen molar-refractivity contribution < 1.29 is 4.79 Å². The predicted molar refractivity (Wildman–Crippen MR) is 119 cm³/mol. The van der Waals surface area contributed by atoms with Gasteiger partial charge in [0.2, 0.25) is 5.95 Å². The molecule has 2 fully saturated rings. The lowest BCUT2D eigenvalue weighted by molar-refractivity contribution is 0.0310. The molecule has 3 aliphatic rings. The van der Waals surface area contributed by atoms with Gasteiger partial charge < -0.3 is 0 Å². The summed E-state index contributed by atoms with van der Waals surface area (Å²) in [5.41, 5.74) is 0.694. The molecule has 160 valence electrons. The second-order valence-electron chi connectivity index (χ2n) is 9.64. The molecule has 30 heavy (non-hydrogen) atoms. The zero-order valence-electron chi connectivity index (χ0n) is 18.0. The van der Waals surface area contributed by atoms with Gasteiger partial charge in [-0.1, -0.05) is 57.6 Å². The Morgan fingerprint density at radius 2 is 1.77 bits per heavy atom. The molecule has 2 saturated carbocycles. The number of aromatic nitrogens is 3. The fourth-order valence-corrected chi connectivity index (χ4v) is 6.22. The Labute approximate surface area is 183 Å². The molecule has 0 saturated heterocycles. The Morgan fingerprint density at radius 1 is 1.07 bits per heavy atom. The SMILES string of the molecule is CC(C)c1nc2n(n1)C1(CCCCC1)C1CCCCC1N2C(=O)c1ccc(Cl)cc1. The summed E-state index contributed by atoms with van der Waals surface area (Å²) in [6.45, 7) is 4.26. The minimum absolute atomic E-state index is 0.0234. The number of carbonyl (C=O) groups is 1. The number of fused-ring (bicyclic) bond motifs is 4. The van der Waals surface area contributed by atoms with Crippen molar-refractivity contribution in [2.45, 2.75) is 89.1 Å². The Kier molecular flexibility index (Phi) is 5.12. The van der Waals surface area contributed by atoms with E-state index in [2.05, 4.69) is 18.5 Å². The van der Waals surface area contributed by atoms with Crippen molar-refractivity contribution in [2.75, 3.05) is 4.90 Å². The summed E-state index contributed by atoms with van der Waals surface area (Å²) in [5.74, 6) is 2.33. The smallest absolute Gasteiger partial charge is 0.260 e. The van der Waals surface area contributed by atoms with Gasteiger partial charge in [-0.25, -0.2) is 4.68 Å². The van der Waals surface area contributed by atoms with Crippen molar-refractivity contribution in [2.24, 2.45) is 5.92 Å². The molecule has 1 aromatic carbocycles. The zero-order chi connectivity index (χ0) is 20.9. The molecule has 5 nitrogen and oxygen atoms in total. The number of rotatable bonds is 2. The maximum atomic E-state index is 13.8. The van der Waals surface area contributed by atoms with E-state index in [0.29, 0.717) is 16.5 Å². The number of carbonyl (C=O) groups excluding carboxylic acids is 1. The zero-order valence-corrected chi connectivity index (χ0v) is 18.7. The highest BCUT2D eigenvalue weighted by atomic mass is 35.5. The summed E-state index contributed by atoms with van der Waals surface area (Å²) >= 11 is 6.08. The van der Waals surface area contributed by atoms with E-state index in [9.17, 15) is 4.79 Å². The third kappa shape index (κ3) is 3.08. The van der Waals surface area contributed by atoms with Crippen LogP contribution in [0.15, 0.2) is 24.3 Å². The normalized spacial score (nSPS) is 25.3. The van der Waals surface area contributed by atoms with Crippen LogP contribution in [0, 0.1) is 5.92 Å². The number of hydrogen-bond donors (Lipinski definition) is 0. The lowest BCUT2D eigenvalue weighted by Gasteiger charge is -2.55. The van der Waals surface area contributed by atoms with Gasteiger partial charge in [-0.15, -0.1) is 0 Å². The maximum Gasteiger partial charge on any atom is 0.260 e. The van der Waals surface area contributed by atoms with E-state index < -0.39 is 0 Å². The molecular formula is C24H31ClN4O. The molecule has 5 rings (SSSR count). The van der Waals surface area contributed by atoms with Crippen LogP contribution in [0.3, 0.4) is 0 Å². The highest BCUT2D eigenvalue weighted by Gasteiger charge is 2.55. The maximum absolute atomic E-state index is 13.8. The van der Waals surface area contributed by atoms with E-state index in [1.54, 1.807) is 12.1 Å². The summed E-state index contributed by atoms with van der Waals surface area (Å²) in [5, 5.41) is 5.69. The predicted octanol–water partition coefficient (Wildman–Crippen LogP) is 5.93. The molecular weight excluding hydrogens is 396 g/mol. The number of halogens is 1. The minimum atomic E-state index is 0.0234. The molecule has 0 N–H and O–H groups in total. The Bertz CT molecular complexity index is 929. The number of nitrogens with zero attached hydrogens (tertiary/aromatic N) is 4. The molecule has 2 unspecified atom stereocenters. The van der Waals surface area contributed by atoms with Crippen molar-refractivity contribution in [3.63, 3.8) is 0 Å². The number of amides is 1. The third-order valence-corrected chi connectivity index (χ3v) is 7.79. The second kappa shape index (κ2) is 7.67. The van der Waals surface area contributed by atoms with Gasteiger partial charge in [0, 0.05) is 28.5 Å². The lowest BCUT2D eigenvalue weighted by Crippen LogP contribution is -2.61. The molecule has 1 amide bonds. The van der Waals surface area contributed by atoms with Crippen LogP contribution >= 0.6 is 11.6 Å². The van der Waals surface area contributed by atoms with Crippen LogP contribution < -0.4 is 4.90 Å². The van der Waals surface area contributed by atoms with Crippen LogP contribution in [0.1, 0.15) is 93.7 Å². The third-order valence-electron chi connectivity index (χ3n) is 7.54. The fraction of sp³-hybridized carbons (Fsp3) is 0.625. The molecule has 6 heteroatoms. The average Bonchev–Trinajstić information content (AvgIpc) is 3.21. The van der Waals surface area contributed by atoms with Gasteiger partial charge in [-0.05, 0) is 49.9 Å². The van der Waals surface area contributed by atoms with E-state index in [1.807, 2.05) is 17.0 Å². The first kappa shape index (κ1) is 20.0. The van der Waals surface area contributed by atoms with Gasteiger partial charge in [0.1, 0.15) is 0 Å². The number of hydrogen-bond acceptors (Lipinski definition) is 3. The van der Waals surface area contributed by atoms with Crippen LogP contribution in [-0.2, 0) is 5.54 Å². The monoisotopic (exact) mass is 426 g/mol. The van der Waals surface area contributed by atoms with Gasteiger partial charge in [0.15, 0.2) is 5.82 Å². The standard InChI is InChI=1S/C24H31ClN4O/c1-16(2)21-26-23-28(22(30)17-10-12-18(25)13-11-17)20-9-5-4-8-19(20)24(29(23)27-21)14-6-3-7-15-24/h10-13,16,19-20H,3-9,14-15H2,1-2H3. The van der Waals surface area contributed by atoms with E-state index >= 15 is 0 Å². The van der Waals surface area contributed by atoms with Crippen molar-refractivity contribution in [3.8, 4) is 0 Å². The Hall–Kier alpha value is -1.88. The summed E-state index contributed by atoms with van der Waals surface area (Å²) in [6, 6.07) is 7.46. The van der Waals surface area contributed by atoms with Gasteiger partial charge in [0.05, 0.1) is 5.54 Å². The van der Waals surface area contributed by atoms with Gasteiger partial charge >= 0.3 is 0 Å². The van der Waals surface area contributed by atoms with Gasteiger partial charge in [-0.2, -0.15) is 10.1 Å². The lowest BCUT2D eigenvalue weighted by atomic mass is 9.64. The van der Waals surface area contributed by atoms with Crippen molar-refractivity contribution in [1.29, 1.82) is 0 Å². The van der Waals surface area contributed by atoms with E-state index in [-0.39, 0.29) is 23.4 Å². The minimum Gasteiger partial charge on any atom is -0.273 e. The fourth-order valence-electron chi connectivity index (χ4n) is 6.09. The summed E-state index contributed by atoms with van der Waals surface area (Å²) in [7, 11) is 0. The molecule has 2 atom stereocenters. The number of benzene rings is 1. The molecule has 0 radical (unpaired) electrons. The molecule has 0 bridgehead atoms. The van der Waals surface area contributed by atoms with E-state index in [0.717, 1.165) is 31.0 Å². The Morgan fingerprint density at radius 3 is 2.47 bits per heavy atom. The molecule has 1 spiro atoms. The average molecular weight is 427 g/mol. The van der Waals surface area contributed by atoms with Crippen LogP contribution in [0.5, 0.6) is 0 Å². The van der Waals surface area contributed by atoms with E-state index in [1.165, 1.54) is 38.5 Å². The molecule has 2 aromatic rings. The van der Waals surface area contributed by atoms with Crippen molar-refractivity contribution in [3.05, 3.63) is 40.7 Å². The van der Waals surface area contributed by atoms with Crippen molar-refractivity contribution in [1.82, 2.24) is 14.8 Å². The molecule has 2 heterocycles. The van der Waals surface area contributed by atoms with Crippen LogP contribution in [0.4, 0.5) is 5.95 Å². The van der Waals surface area contributed by atoms with Crippen molar-refractivity contribution >= 4 is 23.5 Å². The van der Waals surface area contributed by atoms with Crippen LogP contribution in [-0.4, -0.2) is 26.7 Å². The topological polar surface area (TPSA) is 51.0 Å². The largest absolute Gasteiger partial charge is 0.273 e. The molecule has 1 aromatic heterocycles. The van der Waals surface area contributed by atoms with E-state index in [4.69, 9.17) is 21.7 Å². The van der Waals surface area contributed by atoms with Gasteiger partial charge in [0.25, 0.3) is 5.91 Å². The van der Waals surface area contributed by atoms with Crippen LogP contribution in [0.25, 0.3) is 0 Å². The highest BCUT2D eigenvalue weighted by molar-refractivity contribution is 6.30. The molecule has 1 aliphatic heterocycles. The first-order valence-corrected chi connectivity index (χ1v) is 12.0. The van der Waals surface area contributed by atoms with Crippen LogP contribution in [0.2, 0.25) is 5.02 Å². The second-order valence-corrected chi connectivity index (χ2v) is 10.1. The number of anilines is 1. The summed E-state index contributed by atoms with van der Waals surface area (Å²) in [4.78, 5) is 20.7.